The molecule has 0 atom stereocenters. The van der Waals surface area contributed by atoms with Gasteiger partial charge in [0.15, 0.2) is 11.6 Å². The maximum Gasteiger partial charge on any atom is 0.191 e. The van der Waals surface area contributed by atoms with Crippen molar-refractivity contribution in [1.29, 1.82) is 0 Å². The van der Waals surface area contributed by atoms with E-state index in [1.54, 1.807) is 31.8 Å². The lowest BCUT2D eigenvalue weighted by Crippen LogP contribution is -2.06. The summed E-state index contributed by atoms with van der Waals surface area (Å²) in [6.45, 7) is 2.24. The maximum absolute atomic E-state index is 15.3. The van der Waals surface area contributed by atoms with Crippen LogP contribution < -0.4 is 10.1 Å². The molecule has 4 aromatic heterocycles. The minimum atomic E-state index is -0.519. The van der Waals surface area contributed by atoms with Crippen molar-refractivity contribution >= 4 is 16.7 Å². The number of anilines is 1. The standard InChI is InChI=1S/C26H21FN6O/c1-16-10-20(7-9-28-16)24-22(34-2)11-17(13-30-24)14-31-26-23(27)25(32-15-33-26)19-5-6-21-18(12-19)4-3-8-29-21/h3-13,15H,14H2,1-2H3,(H,31,32,33). The summed E-state index contributed by atoms with van der Waals surface area (Å²) in [7, 11) is 1.60. The van der Waals surface area contributed by atoms with E-state index >= 15 is 4.39 Å². The summed E-state index contributed by atoms with van der Waals surface area (Å²) in [6.07, 6.45) is 6.55. The largest absolute Gasteiger partial charge is 0.494 e. The van der Waals surface area contributed by atoms with Crippen LogP contribution >= 0.6 is 0 Å². The van der Waals surface area contributed by atoms with E-state index in [0.29, 0.717) is 17.9 Å². The summed E-state index contributed by atoms with van der Waals surface area (Å²) < 4.78 is 20.8. The van der Waals surface area contributed by atoms with Gasteiger partial charge in [-0.15, -0.1) is 0 Å². The van der Waals surface area contributed by atoms with E-state index in [9.17, 15) is 0 Å². The minimum absolute atomic E-state index is 0.115. The number of hydrogen-bond donors (Lipinski definition) is 1. The Morgan fingerprint density at radius 3 is 2.62 bits per heavy atom. The number of nitrogens with zero attached hydrogens (tertiary/aromatic N) is 5. The van der Waals surface area contributed by atoms with Crippen LogP contribution in [0.25, 0.3) is 33.4 Å². The van der Waals surface area contributed by atoms with Gasteiger partial charge in [-0.05, 0) is 48.9 Å². The lowest BCUT2D eigenvalue weighted by Gasteiger charge is -2.12. The van der Waals surface area contributed by atoms with Gasteiger partial charge in [-0.1, -0.05) is 12.1 Å². The van der Waals surface area contributed by atoms with E-state index in [1.807, 2.05) is 49.4 Å². The zero-order valence-corrected chi connectivity index (χ0v) is 18.7. The van der Waals surface area contributed by atoms with Crippen LogP contribution in [-0.2, 0) is 6.54 Å². The van der Waals surface area contributed by atoms with Gasteiger partial charge in [0.05, 0.1) is 12.6 Å². The molecule has 0 unspecified atom stereocenters. The van der Waals surface area contributed by atoms with Gasteiger partial charge in [0.2, 0.25) is 0 Å². The average molecular weight is 452 g/mol. The molecule has 5 aromatic rings. The highest BCUT2D eigenvalue weighted by Crippen LogP contribution is 2.30. The van der Waals surface area contributed by atoms with Crippen molar-refractivity contribution in [1.82, 2.24) is 24.9 Å². The fourth-order valence-electron chi connectivity index (χ4n) is 3.75. The molecule has 0 aliphatic carbocycles. The first-order valence-electron chi connectivity index (χ1n) is 10.7. The highest BCUT2D eigenvalue weighted by molar-refractivity contribution is 5.84. The van der Waals surface area contributed by atoms with E-state index in [-0.39, 0.29) is 11.5 Å². The zero-order chi connectivity index (χ0) is 23.5. The Kier molecular flexibility index (Phi) is 5.78. The maximum atomic E-state index is 15.3. The molecule has 0 fully saturated rings. The number of methoxy groups -OCH3 is 1. The molecule has 0 aliphatic rings. The normalized spacial score (nSPS) is 10.9. The Balaban J connectivity index is 1.39. The molecular formula is C26H21FN6O. The van der Waals surface area contributed by atoms with Crippen LogP contribution in [0.1, 0.15) is 11.3 Å². The van der Waals surface area contributed by atoms with Crippen LogP contribution in [0.5, 0.6) is 5.75 Å². The fraction of sp³-hybridized carbons (Fsp3) is 0.115. The second-order valence-electron chi connectivity index (χ2n) is 7.73. The highest BCUT2D eigenvalue weighted by Gasteiger charge is 2.15. The number of aromatic nitrogens is 5. The Hall–Kier alpha value is -4.46. The third-order valence-corrected chi connectivity index (χ3v) is 5.43. The van der Waals surface area contributed by atoms with E-state index in [0.717, 1.165) is 33.4 Å². The predicted molar refractivity (Wildman–Crippen MR) is 129 cm³/mol. The van der Waals surface area contributed by atoms with Crippen LogP contribution in [0.4, 0.5) is 10.2 Å². The summed E-state index contributed by atoms with van der Waals surface area (Å²) >= 11 is 0. The molecule has 7 nitrogen and oxygen atoms in total. The molecule has 0 radical (unpaired) electrons. The predicted octanol–water partition coefficient (Wildman–Crippen LogP) is 5.22. The van der Waals surface area contributed by atoms with Gasteiger partial charge in [-0.2, -0.15) is 0 Å². The third-order valence-electron chi connectivity index (χ3n) is 5.43. The first kappa shape index (κ1) is 21.4. The van der Waals surface area contributed by atoms with Gasteiger partial charge >= 0.3 is 0 Å². The Morgan fingerprint density at radius 1 is 0.882 bits per heavy atom. The number of hydrogen-bond acceptors (Lipinski definition) is 7. The van der Waals surface area contributed by atoms with Gasteiger partial charge in [0, 0.05) is 47.3 Å². The average Bonchev–Trinajstić information content (AvgIpc) is 2.87. The summed E-state index contributed by atoms with van der Waals surface area (Å²) in [4.78, 5) is 21.4. The first-order valence-corrected chi connectivity index (χ1v) is 10.7. The molecule has 4 heterocycles. The zero-order valence-electron chi connectivity index (χ0n) is 18.7. The van der Waals surface area contributed by atoms with E-state index in [1.165, 1.54) is 6.33 Å². The van der Waals surface area contributed by atoms with Crippen LogP contribution in [0.2, 0.25) is 0 Å². The summed E-state index contributed by atoms with van der Waals surface area (Å²) in [5.74, 6) is 0.220. The number of halogens is 1. The van der Waals surface area contributed by atoms with Crippen molar-refractivity contribution in [2.45, 2.75) is 13.5 Å². The molecule has 5 rings (SSSR count). The quantitative estimate of drug-likeness (QED) is 0.378. The lowest BCUT2D eigenvalue weighted by molar-refractivity contribution is 0.414. The lowest BCUT2D eigenvalue weighted by atomic mass is 10.1. The van der Waals surface area contributed by atoms with Gasteiger partial charge in [0.1, 0.15) is 23.5 Å². The molecule has 168 valence electrons. The number of benzene rings is 1. The van der Waals surface area contributed by atoms with Crippen molar-refractivity contribution in [2.75, 3.05) is 12.4 Å². The number of pyridine rings is 3. The monoisotopic (exact) mass is 452 g/mol. The van der Waals surface area contributed by atoms with E-state index < -0.39 is 5.82 Å². The molecule has 34 heavy (non-hydrogen) atoms. The summed E-state index contributed by atoms with van der Waals surface area (Å²) in [5.41, 5.74) is 5.07. The molecule has 0 saturated carbocycles. The number of nitrogens with one attached hydrogen (secondary N) is 1. The van der Waals surface area contributed by atoms with Gasteiger partial charge in [0.25, 0.3) is 0 Å². The molecule has 1 N–H and O–H groups in total. The van der Waals surface area contributed by atoms with Gasteiger partial charge < -0.3 is 10.1 Å². The van der Waals surface area contributed by atoms with Gasteiger partial charge in [-0.3, -0.25) is 15.0 Å². The van der Waals surface area contributed by atoms with Crippen molar-refractivity contribution in [3.63, 3.8) is 0 Å². The number of ether oxygens (including phenoxy) is 1. The third kappa shape index (κ3) is 4.25. The van der Waals surface area contributed by atoms with E-state index in [4.69, 9.17) is 4.74 Å². The molecule has 0 spiro atoms. The number of rotatable bonds is 6. The minimum Gasteiger partial charge on any atom is -0.494 e. The molecule has 0 amide bonds. The fourth-order valence-corrected chi connectivity index (χ4v) is 3.75. The molecule has 0 aliphatic heterocycles. The summed E-state index contributed by atoms with van der Waals surface area (Å²) in [5, 5.41) is 3.96. The Morgan fingerprint density at radius 2 is 1.76 bits per heavy atom. The van der Waals surface area contributed by atoms with Crippen molar-refractivity contribution < 1.29 is 9.13 Å². The molecule has 0 saturated heterocycles. The molecule has 0 bridgehead atoms. The Bertz CT molecular complexity index is 1490. The molecule has 1 aromatic carbocycles. The molecule has 8 heteroatoms. The topological polar surface area (TPSA) is 85.7 Å². The first-order chi connectivity index (χ1) is 16.6. The van der Waals surface area contributed by atoms with Crippen LogP contribution in [0.3, 0.4) is 0 Å². The van der Waals surface area contributed by atoms with Crippen molar-refractivity contribution in [2.24, 2.45) is 0 Å². The van der Waals surface area contributed by atoms with Crippen molar-refractivity contribution in [3.05, 3.63) is 90.5 Å². The highest BCUT2D eigenvalue weighted by atomic mass is 19.1. The second kappa shape index (κ2) is 9.19. The van der Waals surface area contributed by atoms with Gasteiger partial charge in [-0.25, -0.2) is 14.4 Å². The van der Waals surface area contributed by atoms with Crippen LogP contribution in [-0.4, -0.2) is 32.0 Å². The van der Waals surface area contributed by atoms with Crippen LogP contribution in [0, 0.1) is 12.7 Å². The summed E-state index contributed by atoms with van der Waals surface area (Å²) in [6, 6.07) is 15.0. The smallest absolute Gasteiger partial charge is 0.191 e. The number of fused-ring (bicyclic) bond motifs is 1. The van der Waals surface area contributed by atoms with Crippen molar-refractivity contribution in [3.8, 4) is 28.3 Å². The Labute approximate surface area is 195 Å². The van der Waals surface area contributed by atoms with Crippen LogP contribution in [0.15, 0.2) is 73.4 Å². The second-order valence-corrected chi connectivity index (χ2v) is 7.73. The number of aryl methyl sites for hydroxylation is 1. The SMILES string of the molecule is COc1cc(CNc2ncnc(-c3ccc4ncccc4c3)c2F)cnc1-c1ccnc(C)c1. The van der Waals surface area contributed by atoms with E-state index in [2.05, 4.69) is 30.2 Å². The molecular weight excluding hydrogens is 431 g/mol.